The summed E-state index contributed by atoms with van der Waals surface area (Å²) in [6.07, 6.45) is 0. The minimum absolute atomic E-state index is 0.866. The molecule has 0 saturated carbocycles. The Balaban J connectivity index is 1.08. The van der Waals surface area contributed by atoms with E-state index in [1.807, 2.05) is 0 Å². The van der Waals surface area contributed by atoms with Gasteiger partial charge in [0.25, 0.3) is 0 Å². The SMILES string of the molecule is c1ccc(-c2ccccc2N(c2ccc(-c3ccc4c(ccc5ccc6ccccc6c54)c3)cc2)c2cccc3c2oc2ccc4ccccc4c23)cc1. The van der Waals surface area contributed by atoms with Gasteiger partial charge < -0.3 is 9.32 Å². The molecule has 1 aromatic heterocycles. The molecule has 0 aliphatic heterocycles. The van der Waals surface area contributed by atoms with Gasteiger partial charge in [0.2, 0.25) is 0 Å². The lowest BCUT2D eigenvalue weighted by molar-refractivity contribution is 0.669. The molecule has 0 saturated heterocycles. The molecule has 11 aromatic rings. The maximum absolute atomic E-state index is 6.81. The van der Waals surface area contributed by atoms with Crippen molar-refractivity contribution in [3.05, 3.63) is 200 Å². The van der Waals surface area contributed by atoms with Crippen LogP contribution in [0.3, 0.4) is 0 Å². The lowest BCUT2D eigenvalue weighted by Gasteiger charge is -2.28. The van der Waals surface area contributed by atoms with E-state index in [9.17, 15) is 0 Å². The molecular weight excluding hydrogens is 655 g/mol. The van der Waals surface area contributed by atoms with Gasteiger partial charge in [-0.1, -0.05) is 164 Å². The fourth-order valence-corrected chi connectivity index (χ4v) is 8.49. The Bertz CT molecular complexity index is 3210. The number of nitrogens with zero attached hydrogens (tertiary/aromatic N) is 1. The Morgan fingerprint density at radius 2 is 0.926 bits per heavy atom. The zero-order chi connectivity index (χ0) is 35.6. The summed E-state index contributed by atoms with van der Waals surface area (Å²) in [4.78, 5) is 2.36. The van der Waals surface area contributed by atoms with Crippen LogP contribution in [-0.2, 0) is 0 Å². The van der Waals surface area contributed by atoms with E-state index < -0.39 is 0 Å². The summed E-state index contributed by atoms with van der Waals surface area (Å²) < 4.78 is 6.81. The number of rotatable bonds is 5. The zero-order valence-corrected chi connectivity index (χ0v) is 29.4. The maximum atomic E-state index is 6.81. The average molecular weight is 688 g/mol. The van der Waals surface area contributed by atoms with Crippen LogP contribution in [0.15, 0.2) is 205 Å². The molecule has 54 heavy (non-hydrogen) atoms. The van der Waals surface area contributed by atoms with E-state index in [0.29, 0.717) is 0 Å². The molecule has 0 unspecified atom stereocenters. The minimum Gasteiger partial charge on any atom is -0.454 e. The van der Waals surface area contributed by atoms with Crippen molar-refractivity contribution in [2.45, 2.75) is 0 Å². The molecule has 2 heteroatoms. The topological polar surface area (TPSA) is 16.4 Å². The first-order chi connectivity index (χ1) is 26.8. The van der Waals surface area contributed by atoms with E-state index in [2.05, 4.69) is 205 Å². The van der Waals surface area contributed by atoms with E-state index in [4.69, 9.17) is 4.42 Å². The Hall–Kier alpha value is -7.16. The second kappa shape index (κ2) is 12.2. The highest BCUT2D eigenvalue weighted by molar-refractivity contribution is 6.22. The number of furan rings is 1. The summed E-state index contributed by atoms with van der Waals surface area (Å²) in [5, 5.41) is 12.3. The van der Waals surface area contributed by atoms with Gasteiger partial charge in [-0.25, -0.2) is 0 Å². The number of hydrogen-bond donors (Lipinski definition) is 0. The van der Waals surface area contributed by atoms with Crippen LogP contribution in [0, 0.1) is 0 Å². The van der Waals surface area contributed by atoms with Gasteiger partial charge in [0, 0.05) is 22.0 Å². The minimum atomic E-state index is 0.866. The quantitative estimate of drug-likeness (QED) is 0.168. The molecule has 11 rings (SSSR count). The van der Waals surface area contributed by atoms with Crippen LogP contribution in [0.5, 0.6) is 0 Å². The summed E-state index contributed by atoms with van der Waals surface area (Å²) in [6, 6.07) is 72.1. The molecule has 0 fully saturated rings. The van der Waals surface area contributed by atoms with Crippen LogP contribution in [0.2, 0.25) is 0 Å². The highest BCUT2D eigenvalue weighted by atomic mass is 16.3. The van der Waals surface area contributed by atoms with Gasteiger partial charge in [0.15, 0.2) is 5.58 Å². The van der Waals surface area contributed by atoms with Crippen molar-refractivity contribution in [1.82, 2.24) is 0 Å². The maximum Gasteiger partial charge on any atom is 0.159 e. The van der Waals surface area contributed by atoms with Gasteiger partial charge >= 0.3 is 0 Å². The van der Waals surface area contributed by atoms with E-state index in [1.165, 1.54) is 54.2 Å². The number of anilines is 3. The fourth-order valence-electron chi connectivity index (χ4n) is 8.49. The van der Waals surface area contributed by atoms with E-state index >= 15 is 0 Å². The summed E-state index contributed by atoms with van der Waals surface area (Å²) in [7, 11) is 0. The third kappa shape index (κ3) is 4.81. The number of hydrogen-bond acceptors (Lipinski definition) is 2. The van der Waals surface area contributed by atoms with Crippen molar-refractivity contribution < 1.29 is 4.42 Å². The van der Waals surface area contributed by atoms with Crippen molar-refractivity contribution in [2.24, 2.45) is 0 Å². The van der Waals surface area contributed by atoms with Crippen molar-refractivity contribution >= 4 is 82.1 Å². The molecule has 252 valence electrons. The third-order valence-electron chi connectivity index (χ3n) is 11.0. The average Bonchev–Trinajstić information content (AvgIpc) is 3.64. The summed E-state index contributed by atoms with van der Waals surface area (Å²) in [5.41, 5.74) is 9.56. The first-order valence-electron chi connectivity index (χ1n) is 18.5. The Morgan fingerprint density at radius 3 is 1.74 bits per heavy atom. The summed E-state index contributed by atoms with van der Waals surface area (Å²) >= 11 is 0. The van der Waals surface area contributed by atoms with Crippen LogP contribution in [-0.4, -0.2) is 0 Å². The molecule has 0 amide bonds. The van der Waals surface area contributed by atoms with Crippen molar-refractivity contribution in [2.75, 3.05) is 4.90 Å². The molecular formula is C52H33NO. The van der Waals surface area contributed by atoms with Crippen LogP contribution < -0.4 is 4.90 Å². The van der Waals surface area contributed by atoms with Gasteiger partial charge in [-0.15, -0.1) is 0 Å². The molecule has 0 N–H and O–H groups in total. The molecule has 2 nitrogen and oxygen atoms in total. The monoisotopic (exact) mass is 687 g/mol. The normalized spacial score (nSPS) is 11.7. The fraction of sp³-hybridized carbons (Fsp3) is 0. The Labute approximate surface area is 312 Å². The Kier molecular flexibility index (Phi) is 6.90. The molecule has 1 heterocycles. The van der Waals surface area contributed by atoms with Crippen molar-refractivity contribution in [3.63, 3.8) is 0 Å². The lowest BCUT2D eigenvalue weighted by Crippen LogP contribution is -2.11. The van der Waals surface area contributed by atoms with E-state index in [1.54, 1.807) is 0 Å². The molecule has 0 aliphatic rings. The highest BCUT2D eigenvalue weighted by Gasteiger charge is 2.22. The predicted octanol–water partition coefficient (Wildman–Crippen LogP) is 15.0. The number of fused-ring (bicyclic) bond motifs is 10. The molecule has 0 atom stereocenters. The molecule has 0 bridgehead atoms. The highest BCUT2D eigenvalue weighted by Crippen LogP contribution is 2.46. The first-order valence-corrected chi connectivity index (χ1v) is 18.5. The molecule has 0 spiro atoms. The van der Waals surface area contributed by atoms with Crippen molar-refractivity contribution in [1.29, 1.82) is 0 Å². The molecule has 10 aromatic carbocycles. The van der Waals surface area contributed by atoms with Gasteiger partial charge in [-0.05, 0) is 96.2 Å². The van der Waals surface area contributed by atoms with Crippen LogP contribution in [0.1, 0.15) is 0 Å². The third-order valence-corrected chi connectivity index (χ3v) is 11.0. The summed E-state index contributed by atoms with van der Waals surface area (Å²) in [5.74, 6) is 0. The number of benzene rings is 10. The molecule has 0 radical (unpaired) electrons. The molecule has 0 aliphatic carbocycles. The smallest absolute Gasteiger partial charge is 0.159 e. The van der Waals surface area contributed by atoms with Gasteiger partial charge in [0.1, 0.15) is 5.58 Å². The van der Waals surface area contributed by atoms with Gasteiger partial charge in [-0.3, -0.25) is 0 Å². The second-order valence-electron chi connectivity index (χ2n) is 14.1. The largest absolute Gasteiger partial charge is 0.454 e. The van der Waals surface area contributed by atoms with E-state index in [0.717, 1.165) is 50.1 Å². The van der Waals surface area contributed by atoms with Gasteiger partial charge in [0.05, 0.1) is 11.4 Å². The Morgan fingerprint density at radius 1 is 0.333 bits per heavy atom. The number of para-hydroxylation sites is 2. The predicted molar refractivity (Wildman–Crippen MR) is 229 cm³/mol. The standard InChI is InChI=1S/C52H33NO/c1-2-11-35(12-3-1)42-15-8-9-19-47(42)53(48-20-10-18-46-51-44-17-7-5-14-37(44)28-32-49(51)54-52(46)48)41-29-25-34(26-30-41)39-27-31-45-40(33-39)24-23-38-22-21-36-13-4-6-16-43(36)50(38)45/h1-33H. The second-order valence-corrected chi connectivity index (χ2v) is 14.1. The first kappa shape index (κ1) is 30.5. The van der Waals surface area contributed by atoms with Crippen LogP contribution in [0.25, 0.3) is 87.3 Å². The van der Waals surface area contributed by atoms with E-state index in [-0.39, 0.29) is 0 Å². The van der Waals surface area contributed by atoms with Gasteiger partial charge in [-0.2, -0.15) is 0 Å². The van der Waals surface area contributed by atoms with Crippen molar-refractivity contribution in [3.8, 4) is 22.3 Å². The lowest BCUT2D eigenvalue weighted by atomic mass is 9.94. The zero-order valence-electron chi connectivity index (χ0n) is 29.4. The van der Waals surface area contributed by atoms with Crippen LogP contribution >= 0.6 is 0 Å². The summed E-state index contributed by atoms with van der Waals surface area (Å²) in [6.45, 7) is 0. The van der Waals surface area contributed by atoms with Crippen LogP contribution in [0.4, 0.5) is 17.1 Å².